The summed E-state index contributed by atoms with van der Waals surface area (Å²) in [5.41, 5.74) is 2.25. The summed E-state index contributed by atoms with van der Waals surface area (Å²) in [6.45, 7) is 3.01. The van der Waals surface area contributed by atoms with Gasteiger partial charge in [0.25, 0.3) is 5.91 Å². The van der Waals surface area contributed by atoms with Crippen LogP contribution < -0.4 is 10.2 Å². The minimum Gasteiger partial charge on any atom is -0.304 e. The molecule has 0 aliphatic carbocycles. The topological polar surface area (TPSA) is 82.1 Å². The average molecular weight is 429 g/mol. The molecule has 3 amide bonds. The fourth-order valence-electron chi connectivity index (χ4n) is 3.49. The molecule has 0 aromatic heterocycles. The van der Waals surface area contributed by atoms with E-state index in [-0.39, 0.29) is 17.0 Å². The highest BCUT2D eigenvalue weighted by molar-refractivity contribution is 8.15. The number of hydrogen-bond acceptors (Lipinski definition) is 5. The second kappa shape index (κ2) is 7.20. The van der Waals surface area contributed by atoms with Crippen molar-refractivity contribution in [3.8, 4) is 0 Å². The van der Waals surface area contributed by atoms with Crippen LogP contribution in [0.2, 0.25) is 5.02 Å². The molecule has 1 atom stereocenters. The quantitative estimate of drug-likeness (QED) is 0.797. The van der Waals surface area contributed by atoms with E-state index in [1.807, 2.05) is 36.4 Å². The van der Waals surface area contributed by atoms with Gasteiger partial charge in [-0.15, -0.1) is 5.10 Å². The van der Waals surface area contributed by atoms with Crippen molar-refractivity contribution >= 4 is 51.9 Å². The maximum atomic E-state index is 13.7. The van der Waals surface area contributed by atoms with Crippen LogP contribution in [-0.4, -0.2) is 27.9 Å². The lowest BCUT2D eigenvalue weighted by Crippen LogP contribution is -2.48. The lowest BCUT2D eigenvalue weighted by Gasteiger charge is -2.29. The number of hydrazone groups is 1. The third kappa shape index (κ3) is 3.18. The smallest absolute Gasteiger partial charge is 0.271 e. The highest BCUT2D eigenvalue weighted by Crippen LogP contribution is 2.54. The summed E-state index contributed by atoms with van der Waals surface area (Å²) in [5, 5.41) is 8.81. The van der Waals surface area contributed by atoms with Crippen molar-refractivity contribution < 1.29 is 14.4 Å². The Kier molecular flexibility index (Phi) is 4.84. The fraction of sp³-hybridized carbons (Fsp3) is 0.200. The van der Waals surface area contributed by atoms with Crippen LogP contribution in [-0.2, 0) is 25.8 Å². The number of halogens is 1. The van der Waals surface area contributed by atoms with E-state index in [0.717, 1.165) is 22.3 Å². The zero-order valence-electron chi connectivity index (χ0n) is 15.7. The van der Waals surface area contributed by atoms with Crippen LogP contribution in [0, 0.1) is 0 Å². The van der Waals surface area contributed by atoms with E-state index in [2.05, 4.69) is 10.4 Å². The number of nitrogens with one attached hydrogen (secondary N) is 1. The molecule has 2 heterocycles. The second-order valence-electron chi connectivity index (χ2n) is 6.70. The predicted octanol–water partition coefficient (Wildman–Crippen LogP) is 3.04. The van der Waals surface area contributed by atoms with E-state index in [9.17, 15) is 14.4 Å². The molecule has 7 nitrogen and oxygen atoms in total. The number of rotatable bonds is 2. The molecule has 2 aromatic rings. The maximum absolute atomic E-state index is 13.7. The van der Waals surface area contributed by atoms with Crippen LogP contribution in [0.5, 0.6) is 0 Å². The molecule has 2 aliphatic heterocycles. The Hall–Kier alpha value is -2.84. The molecule has 2 aliphatic rings. The summed E-state index contributed by atoms with van der Waals surface area (Å²) in [7, 11) is 0. The normalized spacial score (nSPS) is 20.1. The van der Waals surface area contributed by atoms with Gasteiger partial charge in [0.1, 0.15) is 0 Å². The van der Waals surface area contributed by atoms with Crippen molar-refractivity contribution in [2.45, 2.75) is 25.3 Å². The third-order valence-electron chi connectivity index (χ3n) is 4.66. The number of nitrogens with zero attached hydrogens (tertiary/aromatic N) is 3. The van der Waals surface area contributed by atoms with Gasteiger partial charge < -0.3 is 10.2 Å². The number of carbonyl (C=O) groups is 3. The van der Waals surface area contributed by atoms with Gasteiger partial charge in [-0.2, -0.15) is 5.01 Å². The highest BCUT2D eigenvalue weighted by Gasteiger charge is 2.61. The molecule has 0 bridgehead atoms. The first-order chi connectivity index (χ1) is 13.8. The minimum atomic E-state index is -1.38. The number of amidine groups is 1. The van der Waals surface area contributed by atoms with Crippen LogP contribution in [0.3, 0.4) is 0 Å². The van der Waals surface area contributed by atoms with E-state index in [1.54, 1.807) is 17.0 Å². The predicted molar refractivity (Wildman–Crippen MR) is 112 cm³/mol. The Labute approximate surface area is 176 Å². The second-order valence-corrected chi connectivity index (χ2v) is 8.32. The molecule has 148 valence electrons. The van der Waals surface area contributed by atoms with Crippen molar-refractivity contribution in [2.75, 3.05) is 4.90 Å². The molecule has 0 saturated heterocycles. The van der Waals surface area contributed by atoms with Crippen LogP contribution in [0.25, 0.3) is 0 Å². The molecule has 0 radical (unpaired) electrons. The Morgan fingerprint density at radius 1 is 1.14 bits per heavy atom. The van der Waals surface area contributed by atoms with E-state index < -0.39 is 10.8 Å². The lowest BCUT2D eigenvalue weighted by molar-refractivity contribution is -0.139. The summed E-state index contributed by atoms with van der Waals surface area (Å²) in [6, 6.07) is 14.5. The largest absolute Gasteiger partial charge is 0.304 e. The average Bonchev–Trinajstić information content (AvgIpc) is 3.16. The summed E-state index contributed by atoms with van der Waals surface area (Å²) in [6.07, 6.45) is 0. The molecule has 4 rings (SSSR count). The summed E-state index contributed by atoms with van der Waals surface area (Å²) in [4.78, 5) is 37.9. The van der Waals surface area contributed by atoms with Gasteiger partial charge in [0.05, 0.1) is 12.2 Å². The van der Waals surface area contributed by atoms with E-state index in [4.69, 9.17) is 11.6 Å². The van der Waals surface area contributed by atoms with Crippen molar-refractivity contribution in [3.05, 3.63) is 64.7 Å². The minimum absolute atomic E-state index is 0.212. The van der Waals surface area contributed by atoms with Crippen molar-refractivity contribution in [2.24, 2.45) is 5.10 Å². The number of benzene rings is 2. The van der Waals surface area contributed by atoms with Crippen molar-refractivity contribution in [1.82, 2.24) is 10.3 Å². The molecule has 0 unspecified atom stereocenters. The molecule has 1 spiro atoms. The van der Waals surface area contributed by atoms with Gasteiger partial charge in [0, 0.05) is 24.4 Å². The Bertz CT molecular complexity index is 1060. The zero-order chi connectivity index (χ0) is 20.8. The van der Waals surface area contributed by atoms with Gasteiger partial charge >= 0.3 is 0 Å². The Morgan fingerprint density at radius 3 is 2.48 bits per heavy atom. The molecular weight excluding hydrogens is 412 g/mol. The standard InChI is InChI=1S/C20H17ClN4O3S/c1-12(26)22-19-23-25(13(2)27)20(29-19)16-5-3-4-6-17(16)24(18(20)28)11-14-7-9-15(21)10-8-14/h3-10H,11H2,1-2H3,(H,22,23,26)/t20-/m0/s1. The maximum Gasteiger partial charge on any atom is 0.271 e. The van der Waals surface area contributed by atoms with Gasteiger partial charge in [-0.25, -0.2) is 0 Å². The van der Waals surface area contributed by atoms with Gasteiger partial charge in [-0.05, 0) is 35.5 Å². The van der Waals surface area contributed by atoms with Gasteiger partial charge in [0.2, 0.25) is 16.7 Å². The third-order valence-corrected chi connectivity index (χ3v) is 6.16. The van der Waals surface area contributed by atoms with E-state index in [0.29, 0.717) is 22.8 Å². The highest BCUT2D eigenvalue weighted by atomic mass is 35.5. The molecule has 29 heavy (non-hydrogen) atoms. The van der Waals surface area contributed by atoms with Crippen molar-refractivity contribution in [3.63, 3.8) is 0 Å². The number of carbonyl (C=O) groups excluding carboxylic acids is 3. The molecule has 1 N–H and O–H groups in total. The van der Waals surface area contributed by atoms with Gasteiger partial charge in [0.15, 0.2) is 5.17 Å². The molecule has 0 saturated carbocycles. The number of hydrogen-bond donors (Lipinski definition) is 1. The molecule has 0 fully saturated rings. The first kappa shape index (κ1) is 19.5. The van der Waals surface area contributed by atoms with Crippen molar-refractivity contribution in [1.29, 1.82) is 0 Å². The Balaban J connectivity index is 1.78. The van der Waals surface area contributed by atoms with Crippen LogP contribution in [0.1, 0.15) is 25.0 Å². The first-order valence-electron chi connectivity index (χ1n) is 8.85. The number of para-hydroxylation sites is 1. The Morgan fingerprint density at radius 2 is 1.83 bits per heavy atom. The monoisotopic (exact) mass is 428 g/mol. The summed E-state index contributed by atoms with van der Waals surface area (Å²) >= 11 is 7.03. The fourth-order valence-corrected chi connectivity index (χ4v) is 4.95. The van der Waals surface area contributed by atoms with Gasteiger partial charge in [-0.1, -0.05) is 41.9 Å². The molecule has 9 heteroatoms. The first-order valence-corrected chi connectivity index (χ1v) is 10.0. The van der Waals surface area contributed by atoms with E-state index >= 15 is 0 Å². The molecule has 2 aromatic carbocycles. The van der Waals surface area contributed by atoms with Crippen LogP contribution in [0.4, 0.5) is 5.69 Å². The zero-order valence-corrected chi connectivity index (χ0v) is 17.3. The summed E-state index contributed by atoms with van der Waals surface area (Å²) in [5.74, 6) is -1.01. The van der Waals surface area contributed by atoms with Gasteiger partial charge in [-0.3, -0.25) is 14.4 Å². The number of amides is 3. The molecular formula is C20H17ClN4O3S. The number of thioether (sulfide) groups is 1. The SMILES string of the molecule is CC(=O)NC1=NN(C(C)=O)[C@@]2(S1)C(=O)N(Cc1ccc(Cl)cc1)c1ccccc12. The number of anilines is 1. The van der Waals surface area contributed by atoms with Crippen LogP contribution in [0.15, 0.2) is 53.6 Å². The lowest BCUT2D eigenvalue weighted by atomic mass is 10.1. The van der Waals surface area contributed by atoms with Crippen LogP contribution >= 0.6 is 23.4 Å². The number of fused-ring (bicyclic) bond motifs is 2. The van der Waals surface area contributed by atoms with E-state index in [1.165, 1.54) is 13.8 Å². The summed E-state index contributed by atoms with van der Waals surface area (Å²) < 4.78 is 0.